The molecule has 2 rings (SSSR count). The predicted octanol–water partition coefficient (Wildman–Crippen LogP) is 3.47. The number of nitrogens with zero attached hydrogens (tertiary/aromatic N) is 1. The van der Waals surface area contributed by atoms with Crippen molar-refractivity contribution >= 4 is 11.3 Å². The molecule has 1 heterocycles. The highest BCUT2D eigenvalue weighted by Crippen LogP contribution is 2.32. The molecule has 1 aromatic rings. The van der Waals surface area contributed by atoms with Crippen LogP contribution in [0.1, 0.15) is 61.6 Å². The lowest BCUT2D eigenvalue weighted by molar-refractivity contribution is 0.578. The maximum Gasteiger partial charge on any atom is 0.0928 e. The van der Waals surface area contributed by atoms with Gasteiger partial charge >= 0.3 is 0 Å². The second kappa shape index (κ2) is 6.36. The molecule has 0 bridgehead atoms. The monoisotopic (exact) mass is 238 g/mol. The average molecular weight is 238 g/mol. The smallest absolute Gasteiger partial charge is 0.0928 e. The Bertz CT molecular complexity index is 301. The molecular formula is C13H22N2S. The number of nitrogens with two attached hydrogens (primary N) is 1. The number of aromatic nitrogens is 1. The summed E-state index contributed by atoms with van der Waals surface area (Å²) in [7, 11) is 0. The largest absolute Gasteiger partial charge is 0.330 e. The van der Waals surface area contributed by atoms with E-state index in [9.17, 15) is 0 Å². The standard InChI is InChI=1S/C13H22N2S/c14-9-5-8-13-15-12(10-16-13)11-6-3-1-2-4-7-11/h10-11H,1-9,14H2. The number of rotatable bonds is 4. The molecule has 1 aromatic heterocycles. The van der Waals surface area contributed by atoms with Gasteiger partial charge in [-0.05, 0) is 25.8 Å². The molecular weight excluding hydrogens is 216 g/mol. The Balaban J connectivity index is 1.94. The Morgan fingerprint density at radius 3 is 2.69 bits per heavy atom. The molecule has 2 N–H and O–H groups in total. The Kier molecular flexibility index (Phi) is 4.79. The number of aryl methyl sites for hydroxylation is 1. The zero-order valence-electron chi connectivity index (χ0n) is 9.95. The molecule has 1 fully saturated rings. The molecule has 3 heteroatoms. The fourth-order valence-corrected chi connectivity index (χ4v) is 3.38. The van der Waals surface area contributed by atoms with Crippen molar-refractivity contribution in [1.29, 1.82) is 0 Å². The Morgan fingerprint density at radius 2 is 2.00 bits per heavy atom. The lowest BCUT2D eigenvalue weighted by Gasteiger charge is -2.10. The fraction of sp³-hybridized carbons (Fsp3) is 0.769. The van der Waals surface area contributed by atoms with Gasteiger partial charge in [0.2, 0.25) is 0 Å². The molecule has 0 spiro atoms. The van der Waals surface area contributed by atoms with Crippen molar-refractivity contribution in [3.05, 3.63) is 16.1 Å². The Labute approximate surface area is 102 Å². The summed E-state index contributed by atoms with van der Waals surface area (Å²) >= 11 is 1.82. The number of hydrogen-bond donors (Lipinski definition) is 1. The molecule has 1 aliphatic rings. The predicted molar refractivity (Wildman–Crippen MR) is 69.9 cm³/mol. The minimum Gasteiger partial charge on any atom is -0.330 e. The van der Waals surface area contributed by atoms with Crippen LogP contribution in [0.4, 0.5) is 0 Å². The molecule has 0 aliphatic heterocycles. The minimum absolute atomic E-state index is 0.741. The van der Waals surface area contributed by atoms with Crippen LogP contribution < -0.4 is 5.73 Å². The first-order valence-electron chi connectivity index (χ1n) is 6.54. The highest BCUT2D eigenvalue weighted by Gasteiger charge is 2.16. The summed E-state index contributed by atoms with van der Waals surface area (Å²) in [5, 5.41) is 3.56. The third-order valence-electron chi connectivity index (χ3n) is 3.44. The maximum absolute atomic E-state index is 5.52. The van der Waals surface area contributed by atoms with E-state index >= 15 is 0 Å². The second-order valence-electron chi connectivity index (χ2n) is 4.75. The molecule has 1 saturated carbocycles. The molecule has 0 radical (unpaired) electrons. The summed E-state index contributed by atoms with van der Waals surface area (Å²) in [5.41, 5.74) is 6.88. The van der Waals surface area contributed by atoms with Crippen molar-refractivity contribution in [2.45, 2.75) is 57.3 Å². The van der Waals surface area contributed by atoms with E-state index in [1.54, 1.807) is 0 Å². The van der Waals surface area contributed by atoms with Gasteiger partial charge in [0.25, 0.3) is 0 Å². The first kappa shape index (κ1) is 12.1. The third-order valence-corrected chi connectivity index (χ3v) is 4.36. The quantitative estimate of drug-likeness (QED) is 0.816. The zero-order chi connectivity index (χ0) is 11.2. The van der Waals surface area contributed by atoms with Gasteiger partial charge < -0.3 is 5.73 Å². The summed E-state index contributed by atoms with van der Waals surface area (Å²) in [6, 6.07) is 0. The fourth-order valence-electron chi connectivity index (χ4n) is 2.46. The van der Waals surface area contributed by atoms with Crippen LogP contribution in [0.15, 0.2) is 5.38 Å². The van der Waals surface area contributed by atoms with Gasteiger partial charge in [-0.2, -0.15) is 0 Å². The van der Waals surface area contributed by atoms with Crippen LogP contribution in [0.5, 0.6) is 0 Å². The Hall–Kier alpha value is -0.410. The molecule has 1 aliphatic carbocycles. The molecule has 0 unspecified atom stereocenters. The maximum atomic E-state index is 5.52. The molecule has 16 heavy (non-hydrogen) atoms. The molecule has 2 nitrogen and oxygen atoms in total. The summed E-state index contributed by atoms with van der Waals surface area (Å²) in [6.45, 7) is 0.776. The van der Waals surface area contributed by atoms with E-state index in [0.717, 1.165) is 25.3 Å². The van der Waals surface area contributed by atoms with Crippen LogP contribution in [-0.2, 0) is 6.42 Å². The van der Waals surface area contributed by atoms with Crippen molar-refractivity contribution in [2.24, 2.45) is 5.73 Å². The minimum atomic E-state index is 0.741. The molecule has 0 atom stereocenters. The van der Waals surface area contributed by atoms with Crippen molar-refractivity contribution in [1.82, 2.24) is 4.98 Å². The topological polar surface area (TPSA) is 38.9 Å². The SMILES string of the molecule is NCCCc1nc(C2CCCCCC2)cs1. The lowest BCUT2D eigenvalue weighted by Crippen LogP contribution is -2.01. The van der Waals surface area contributed by atoms with Crippen molar-refractivity contribution in [2.75, 3.05) is 6.54 Å². The molecule has 0 amide bonds. The van der Waals surface area contributed by atoms with E-state index in [-0.39, 0.29) is 0 Å². The summed E-state index contributed by atoms with van der Waals surface area (Å²) in [5.74, 6) is 0.741. The zero-order valence-corrected chi connectivity index (χ0v) is 10.8. The normalized spacial score (nSPS) is 18.6. The third kappa shape index (κ3) is 3.29. The van der Waals surface area contributed by atoms with Gasteiger partial charge in [0.1, 0.15) is 0 Å². The lowest BCUT2D eigenvalue weighted by atomic mass is 9.98. The summed E-state index contributed by atoms with van der Waals surface area (Å²) in [4.78, 5) is 4.78. The number of thiazole rings is 1. The van der Waals surface area contributed by atoms with Crippen molar-refractivity contribution < 1.29 is 0 Å². The van der Waals surface area contributed by atoms with Gasteiger partial charge in [-0.1, -0.05) is 25.7 Å². The van der Waals surface area contributed by atoms with Crippen molar-refractivity contribution in [3.8, 4) is 0 Å². The molecule has 90 valence electrons. The van der Waals surface area contributed by atoms with E-state index in [0.29, 0.717) is 0 Å². The van der Waals surface area contributed by atoms with Crippen LogP contribution in [0.3, 0.4) is 0 Å². The van der Waals surface area contributed by atoms with E-state index in [4.69, 9.17) is 10.7 Å². The van der Waals surface area contributed by atoms with Crippen molar-refractivity contribution in [3.63, 3.8) is 0 Å². The van der Waals surface area contributed by atoms with Crippen LogP contribution in [-0.4, -0.2) is 11.5 Å². The molecule has 0 aromatic carbocycles. The van der Waals surface area contributed by atoms with Crippen LogP contribution >= 0.6 is 11.3 Å². The second-order valence-corrected chi connectivity index (χ2v) is 5.69. The van der Waals surface area contributed by atoms with Gasteiger partial charge in [-0.3, -0.25) is 0 Å². The Morgan fingerprint density at radius 1 is 1.25 bits per heavy atom. The summed E-state index contributed by atoms with van der Waals surface area (Å²) in [6.07, 6.45) is 10.4. The van der Waals surface area contributed by atoms with Crippen LogP contribution in [0.2, 0.25) is 0 Å². The molecule has 0 saturated heterocycles. The number of hydrogen-bond acceptors (Lipinski definition) is 3. The van der Waals surface area contributed by atoms with Crippen LogP contribution in [0.25, 0.3) is 0 Å². The van der Waals surface area contributed by atoms with E-state index in [2.05, 4.69) is 5.38 Å². The van der Waals surface area contributed by atoms with Gasteiger partial charge in [-0.15, -0.1) is 11.3 Å². The van der Waals surface area contributed by atoms with Gasteiger partial charge in [0, 0.05) is 17.7 Å². The highest BCUT2D eigenvalue weighted by atomic mass is 32.1. The van der Waals surface area contributed by atoms with E-state index in [1.165, 1.54) is 49.2 Å². The van der Waals surface area contributed by atoms with Crippen LogP contribution in [0, 0.1) is 0 Å². The summed E-state index contributed by atoms with van der Waals surface area (Å²) < 4.78 is 0. The van der Waals surface area contributed by atoms with Gasteiger partial charge in [0.05, 0.1) is 10.7 Å². The first-order chi connectivity index (χ1) is 7.90. The first-order valence-corrected chi connectivity index (χ1v) is 7.42. The van der Waals surface area contributed by atoms with Gasteiger partial charge in [0.15, 0.2) is 0 Å². The van der Waals surface area contributed by atoms with E-state index < -0.39 is 0 Å². The average Bonchev–Trinajstić information content (AvgIpc) is 2.60. The highest BCUT2D eigenvalue weighted by molar-refractivity contribution is 7.09. The van der Waals surface area contributed by atoms with Gasteiger partial charge in [-0.25, -0.2) is 4.98 Å². The van der Waals surface area contributed by atoms with E-state index in [1.807, 2.05) is 11.3 Å².